The van der Waals surface area contributed by atoms with Crippen LogP contribution < -0.4 is 10.6 Å². The lowest BCUT2D eigenvalue weighted by Crippen LogP contribution is -2.37. The monoisotopic (exact) mass is 276 g/mol. The first-order valence-electron chi connectivity index (χ1n) is 7.15. The van der Waals surface area contributed by atoms with Crippen LogP contribution in [0.4, 0.5) is 0 Å². The summed E-state index contributed by atoms with van der Waals surface area (Å²) in [5, 5.41) is 5.43. The Morgan fingerprint density at radius 2 is 1.75 bits per heavy atom. The Hall–Kier alpha value is -1.84. The Labute approximate surface area is 121 Å². The highest BCUT2D eigenvalue weighted by Crippen LogP contribution is 2.01. The molecule has 0 saturated heterocycles. The van der Waals surface area contributed by atoms with Crippen molar-refractivity contribution in [3.8, 4) is 0 Å². The van der Waals surface area contributed by atoms with E-state index in [1.165, 1.54) is 0 Å². The predicted octanol–water partition coefficient (Wildman–Crippen LogP) is 1.90. The van der Waals surface area contributed by atoms with E-state index in [4.69, 9.17) is 0 Å². The minimum atomic E-state index is -0.131. The van der Waals surface area contributed by atoms with Crippen molar-refractivity contribution in [3.63, 3.8) is 0 Å². The van der Waals surface area contributed by atoms with Crippen LogP contribution >= 0.6 is 0 Å². The molecule has 1 aromatic carbocycles. The van der Waals surface area contributed by atoms with Crippen molar-refractivity contribution in [3.05, 3.63) is 35.9 Å². The van der Waals surface area contributed by atoms with Crippen LogP contribution in [0.1, 0.15) is 32.3 Å². The first-order valence-corrected chi connectivity index (χ1v) is 7.15. The van der Waals surface area contributed by atoms with Gasteiger partial charge in [0.15, 0.2) is 0 Å². The van der Waals surface area contributed by atoms with Gasteiger partial charge in [-0.2, -0.15) is 0 Å². The van der Waals surface area contributed by atoms with Gasteiger partial charge in [-0.3, -0.25) is 9.59 Å². The van der Waals surface area contributed by atoms with Crippen molar-refractivity contribution < 1.29 is 9.59 Å². The second-order valence-corrected chi connectivity index (χ2v) is 5.33. The van der Waals surface area contributed by atoms with Crippen LogP contribution in [-0.4, -0.2) is 24.9 Å². The fraction of sp³-hybridized carbons (Fsp3) is 0.500. The molecule has 0 spiro atoms. The van der Waals surface area contributed by atoms with Crippen molar-refractivity contribution in [2.24, 2.45) is 5.92 Å². The Balaban J connectivity index is 2.13. The molecule has 4 heteroatoms. The van der Waals surface area contributed by atoms with E-state index in [1.54, 1.807) is 0 Å². The smallest absolute Gasteiger partial charge is 0.239 e. The molecular formula is C16H24N2O2. The number of carbonyl (C=O) groups excluding carboxylic acids is 2. The zero-order valence-corrected chi connectivity index (χ0v) is 12.3. The zero-order valence-electron chi connectivity index (χ0n) is 12.3. The van der Waals surface area contributed by atoms with Gasteiger partial charge >= 0.3 is 0 Å². The average molecular weight is 276 g/mol. The lowest BCUT2D eigenvalue weighted by molar-refractivity contribution is -0.125. The van der Waals surface area contributed by atoms with Crippen LogP contribution in [0, 0.1) is 5.92 Å². The van der Waals surface area contributed by atoms with E-state index in [9.17, 15) is 9.59 Å². The van der Waals surface area contributed by atoms with Gasteiger partial charge in [0.25, 0.3) is 0 Å². The summed E-state index contributed by atoms with van der Waals surface area (Å²) < 4.78 is 0. The Bertz CT molecular complexity index is 416. The van der Waals surface area contributed by atoms with Gasteiger partial charge in [0.2, 0.25) is 11.8 Å². The van der Waals surface area contributed by atoms with Gasteiger partial charge in [0.1, 0.15) is 0 Å². The highest BCUT2D eigenvalue weighted by Gasteiger charge is 2.06. The van der Waals surface area contributed by atoms with Crippen LogP contribution in [-0.2, 0) is 16.0 Å². The molecule has 0 fully saturated rings. The number of hydrogen-bond donors (Lipinski definition) is 2. The van der Waals surface area contributed by atoms with Crippen molar-refractivity contribution in [2.75, 3.05) is 13.1 Å². The highest BCUT2D eigenvalue weighted by molar-refractivity contribution is 5.85. The zero-order chi connectivity index (χ0) is 14.8. The maximum absolute atomic E-state index is 11.6. The van der Waals surface area contributed by atoms with Crippen LogP contribution in [0.2, 0.25) is 0 Å². The lowest BCUT2D eigenvalue weighted by Gasteiger charge is -2.08. The molecule has 0 bridgehead atoms. The molecular weight excluding hydrogens is 252 g/mol. The normalized spacial score (nSPS) is 10.3. The molecule has 0 aliphatic rings. The molecule has 2 N–H and O–H groups in total. The first-order chi connectivity index (χ1) is 9.58. The third-order valence-electron chi connectivity index (χ3n) is 2.93. The van der Waals surface area contributed by atoms with Crippen molar-refractivity contribution in [2.45, 2.75) is 33.1 Å². The summed E-state index contributed by atoms with van der Waals surface area (Å²) in [6.07, 6.45) is 2.38. The first kappa shape index (κ1) is 16.2. The number of amides is 2. The minimum absolute atomic E-state index is 0.0490. The molecule has 0 radical (unpaired) electrons. The van der Waals surface area contributed by atoms with E-state index in [0.717, 1.165) is 18.4 Å². The van der Waals surface area contributed by atoms with Crippen LogP contribution in [0.5, 0.6) is 0 Å². The molecule has 0 atom stereocenters. The maximum atomic E-state index is 11.6. The topological polar surface area (TPSA) is 58.2 Å². The van der Waals surface area contributed by atoms with E-state index in [2.05, 4.69) is 24.5 Å². The van der Waals surface area contributed by atoms with E-state index in [-0.39, 0.29) is 18.4 Å². The molecule has 1 aromatic rings. The molecule has 0 aliphatic heterocycles. The maximum Gasteiger partial charge on any atom is 0.239 e. The fourth-order valence-electron chi connectivity index (χ4n) is 1.82. The highest BCUT2D eigenvalue weighted by atomic mass is 16.2. The molecule has 110 valence electrons. The van der Waals surface area contributed by atoms with E-state index < -0.39 is 0 Å². The molecule has 0 heterocycles. The minimum Gasteiger partial charge on any atom is -0.355 e. The molecule has 1 rings (SSSR count). The Morgan fingerprint density at radius 1 is 1.05 bits per heavy atom. The van der Waals surface area contributed by atoms with Gasteiger partial charge in [-0.05, 0) is 24.3 Å². The fourth-order valence-corrected chi connectivity index (χ4v) is 1.82. The quantitative estimate of drug-likeness (QED) is 0.712. The summed E-state index contributed by atoms with van der Waals surface area (Å²) >= 11 is 0. The predicted molar refractivity (Wildman–Crippen MR) is 80.2 cm³/mol. The summed E-state index contributed by atoms with van der Waals surface area (Å²) in [4.78, 5) is 23.2. The number of nitrogens with one attached hydrogen (secondary N) is 2. The third kappa shape index (κ3) is 7.56. The van der Waals surface area contributed by atoms with Crippen LogP contribution in [0.3, 0.4) is 0 Å². The second-order valence-electron chi connectivity index (χ2n) is 5.33. The van der Waals surface area contributed by atoms with Crippen molar-refractivity contribution in [1.29, 1.82) is 0 Å². The number of benzene rings is 1. The molecule has 0 aromatic heterocycles. The summed E-state index contributed by atoms with van der Waals surface area (Å²) in [7, 11) is 0. The van der Waals surface area contributed by atoms with Crippen molar-refractivity contribution >= 4 is 11.8 Å². The lowest BCUT2D eigenvalue weighted by atomic mass is 10.1. The number of hydrogen-bond acceptors (Lipinski definition) is 2. The summed E-state index contributed by atoms with van der Waals surface area (Å²) in [6, 6.07) is 9.48. The van der Waals surface area contributed by atoms with Crippen LogP contribution in [0.25, 0.3) is 0 Å². The van der Waals surface area contributed by atoms with Gasteiger partial charge < -0.3 is 10.6 Å². The number of carbonyl (C=O) groups is 2. The van der Waals surface area contributed by atoms with Gasteiger partial charge in [-0.25, -0.2) is 0 Å². The largest absolute Gasteiger partial charge is 0.355 e. The summed E-state index contributed by atoms with van der Waals surface area (Å²) in [5.74, 6) is 0.390. The van der Waals surface area contributed by atoms with Gasteiger partial charge in [-0.1, -0.05) is 44.2 Å². The molecule has 2 amide bonds. The standard InChI is InChI=1S/C16H24N2O2/c1-13(2)7-6-10-17-16(20)12-18-15(19)11-14-8-4-3-5-9-14/h3-5,8-9,13H,6-7,10-12H2,1-2H3,(H,17,20)(H,18,19). The molecule has 4 nitrogen and oxygen atoms in total. The molecule has 20 heavy (non-hydrogen) atoms. The Kier molecular flexibility index (Phi) is 7.40. The summed E-state index contributed by atoms with van der Waals surface area (Å²) in [6.45, 7) is 5.04. The van der Waals surface area contributed by atoms with E-state index in [1.807, 2.05) is 30.3 Å². The van der Waals surface area contributed by atoms with Crippen molar-refractivity contribution in [1.82, 2.24) is 10.6 Å². The SMILES string of the molecule is CC(C)CCCNC(=O)CNC(=O)Cc1ccccc1. The Morgan fingerprint density at radius 3 is 2.40 bits per heavy atom. The van der Waals surface area contributed by atoms with E-state index >= 15 is 0 Å². The van der Waals surface area contributed by atoms with E-state index in [0.29, 0.717) is 18.9 Å². The van der Waals surface area contributed by atoms with Gasteiger partial charge in [0, 0.05) is 6.54 Å². The molecule has 0 unspecified atom stereocenters. The molecule has 0 saturated carbocycles. The second kappa shape index (κ2) is 9.13. The number of rotatable bonds is 8. The average Bonchev–Trinajstić information content (AvgIpc) is 2.42. The summed E-state index contributed by atoms with van der Waals surface area (Å²) in [5.41, 5.74) is 0.947. The van der Waals surface area contributed by atoms with Gasteiger partial charge in [0.05, 0.1) is 13.0 Å². The third-order valence-corrected chi connectivity index (χ3v) is 2.93. The van der Waals surface area contributed by atoms with Crippen LogP contribution in [0.15, 0.2) is 30.3 Å². The molecule has 0 aliphatic carbocycles. The van der Waals surface area contributed by atoms with Gasteiger partial charge in [-0.15, -0.1) is 0 Å².